The number of halogens is 3. The molecule has 0 saturated heterocycles. The molecule has 3 nitrogen and oxygen atoms in total. The predicted octanol–water partition coefficient (Wildman–Crippen LogP) is 6.06. The molecule has 0 atom stereocenters. The summed E-state index contributed by atoms with van der Waals surface area (Å²) in [5.74, 6) is -1.06. The molecule has 0 aromatic heterocycles. The maximum absolute atomic E-state index is 11.1. The summed E-state index contributed by atoms with van der Waals surface area (Å²) in [6.45, 7) is 0.417. The Kier molecular flexibility index (Phi) is 5.61. The number of anilines is 1. The summed E-state index contributed by atoms with van der Waals surface area (Å²) in [6.07, 6.45) is 1.10. The van der Waals surface area contributed by atoms with Gasteiger partial charge in [-0.25, -0.2) is 4.79 Å². The van der Waals surface area contributed by atoms with E-state index in [-0.39, 0.29) is 0 Å². The first-order valence-corrected chi connectivity index (χ1v) is 9.39. The number of carboxylic acids is 1. The molecule has 0 radical (unpaired) electrons. The zero-order valence-corrected chi connectivity index (χ0v) is 16.4. The third-order valence-electron chi connectivity index (χ3n) is 3.48. The smallest absolute Gasteiger partial charge is 0.329 e. The fourth-order valence-electron chi connectivity index (χ4n) is 2.39. The maximum atomic E-state index is 11.1. The standard InChI is InChI=1S/C17H10Cl3NO2S2/c18-10-5-4-9(6-12(10)20)8-21-13-3-1-2-11(19)16(13)25-14(17(21)24)7-15(22)23/h1-7H,8H2,(H,22,23)/b14-7-. The second-order valence-electron chi connectivity index (χ2n) is 5.18. The average molecular weight is 431 g/mol. The van der Waals surface area contributed by atoms with Crippen molar-refractivity contribution in [1.29, 1.82) is 0 Å². The van der Waals surface area contributed by atoms with Gasteiger partial charge in [0.15, 0.2) is 0 Å². The Morgan fingerprint density at radius 3 is 2.60 bits per heavy atom. The van der Waals surface area contributed by atoms with E-state index in [0.717, 1.165) is 22.2 Å². The molecule has 0 saturated carbocycles. The molecule has 1 aliphatic rings. The van der Waals surface area contributed by atoms with Crippen LogP contribution in [-0.4, -0.2) is 16.1 Å². The number of carboxylic acid groups (broad SMARTS) is 1. The lowest BCUT2D eigenvalue weighted by Crippen LogP contribution is -2.32. The molecule has 2 aromatic carbocycles. The highest BCUT2D eigenvalue weighted by Gasteiger charge is 2.28. The molecule has 0 unspecified atom stereocenters. The minimum atomic E-state index is -1.06. The van der Waals surface area contributed by atoms with Crippen molar-refractivity contribution < 1.29 is 9.90 Å². The maximum Gasteiger partial charge on any atom is 0.329 e. The van der Waals surface area contributed by atoms with Crippen LogP contribution in [0.3, 0.4) is 0 Å². The lowest BCUT2D eigenvalue weighted by atomic mass is 10.2. The first kappa shape index (κ1) is 18.5. The van der Waals surface area contributed by atoms with E-state index in [0.29, 0.717) is 31.5 Å². The van der Waals surface area contributed by atoms with Gasteiger partial charge in [-0.3, -0.25) is 0 Å². The summed E-state index contributed by atoms with van der Waals surface area (Å²) < 4.78 is 0. The number of benzene rings is 2. The molecule has 0 amide bonds. The summed E-state index contributed by atoms with van der Waals surface area (Å²) in [4.78, 5) is 14.6. The van der Waals surface area contributed by atoms with Crippen LogP contribution in [0.1, 0.15) is 5.56 Å². The van der Waals surface area contributed by atoms with Gasteiger partial charge in [0.05, 0.1) is 30.6 Å². The van der Waals surface area contributed by atoms with Crippen LogP contribution < -0.4 is 4.90 Å². The number of aliphatic carboxylic acids is 1. The third kappa shape index (κ3) is 3.96. The molecule has 2 aromatic rings. The van der Waals surface area contributed by atoms with Crippen LogP contribution >= 0.6 is 58.8 Å². The van der Waals surface area contributed by atoms with Crippen molar-refractivity contribution in [3.63, 3.8) is 0 Å². The fourth-order valence-corrected chi connectivity index (χ4v) is 4.37. The quantitative estimate of drug-likeness (QED) is 0.474. The van der Waals surface area contributed by atoms with Crippen LogP contribution in [0.15, 0.2) is 52.3 Å². The van der Waals surface area contributed by atoms with E-state index in [9.17, 15) is 4.79 Å². The van der Waals surface area contributed by atoms with Gasteiger partial charge >= 0.3 is 5.97 Å². The molecule has 0 spiro atoms. The van der Waals surface area contributed by atoms with Crippen LogP contribution in [0.25, 0.3) is 0 Å². The van der Waals surface area contributed by atoms with Crippen molar-refractivity contribution in [1.82, 2.24) is 0 Å². The molecule has 0 aliphatic carbocycles. The minimum absolute atomic E-state index is 0.417. The van der Waals surface area contributed by atoms with Gasteiger partial charge in [0.2, 0.25) is 0 Å². The molecule has 0 fully saturated rings. The van der Waals surface area contributed by atoms with Crippen LogP contribution in [-0.2, 0) is 11.3 Å². The van der Waals surface area contributed by atoms with Gasteiger partial charge in [-0.2, -0.15) is 0 Å². The number of hydrogen-bond donors (Lipinski definition) is 1. The van der Waals surface area contributed by atoms with Gasteiger partial charge < -0.3 is 10.0 Å². The summed E-state index contributed by atoms with van der Waals surface area (Å²) in [6, 6.07) is 10.8. The Hall–Kier alpha value is -1.24. The van der Waals surface area contributed by atoms with Crippen LogP contribution in [0, 0.1) is 0 Å². The highest BCUT2D eigenvalue weighted by atomic mass is 35.5. The van der Waals surface area contributed by atoms with Crippen LogP contribution in [0.2, 0.25) is 15.1 Å². The molecule has 25 heavy (non-hydrogen) atoms. The SMILES string of the molecule is O=C(O)/C=C1\Sc2c(Cl)cccc2N(Cc2ccc(Cl)c(Cl)c2)C1=S. The van der Waals surface area contributed by atoms with E-state index in [1.54, 1.807) is 18.2 Å². The number of carbonyl (C=O) groups is 1. The van der Waals surface area contributed by atoms with Crippen LogP contribution in [0.5, 0.6) is 0 Å². The first-order valence-electron chi connectivity index (χ1n) is 7.03. The summed E-state index contributed by atoms with van der Waals surface area (Å²) in [7, 11) is 0. The van der Waals surface area contributed by atoms with E-state index in [2.05, 4.69) is 0 Å². The molecule has 1 N–H and O–H groups in total. The van der Waals surface area contributed by atoms with Crippen molar-refractivity contribution in [3.05, 3.63) is 68.0 Å². The Balaban J connectivity index is 2.06. The van der Waals surface area contributed by atoms with E-state index in [1.165, 1.54) is 11.8 Å². The molecule has 128 valence electrons. The molecular weight excluding hydrogens is 421 g/mol. The highest BCUT2D eigenvalue weighted by molar-refractivity contribution is 8.05. The van der Waals surface area contributed by atoms with Gasteiger partial charge in [-0.1, -0.05) is 70.9 Å². The summed E-state index contributed by atoms with van der Waals surface area (Å²) >= 11 is 25.1. The van der Waals surface area contributed by atoms with E-state index >= 15 is 0 Å². The highest BCUT2D eigenvalue weighted by Crippen LogP contribution is 2.46. The Morgan fingerprint density at radius 1 is 1.16 bits per heavy atom. The number of thiocarbonyl (C=S) groups is 1. The fraction of sp³-hybridized carbons (Fsp3) is 0.0588. The van der Waals surface area contributed by atoms with Crippen molar-refractivity contribution >= 4 is 75.4 Å². The van der Waals surface area contributed by atoms with Crippen LogP contribution in [0.4, 0.5) is 5.69 Å². The van der Waals surface area contributed by atoms with Gasteiger partial charge in [0.1, 0.15) is 4.99 Å². The Morgan fingerprint density at radius 2 is 1.92 bits per heavy atom. The molecular formula is C17H10Cl3NO2S2. The van der Waals surface area contributed by atoms with Gasteiger partial charge in [-0.15, -0.1) is 0 Å². The molecule has 1 aliphatic heterocycles. The first-order chi connectivity index (χ1) is 11.9. The second-order valence-corrected chi connectivity index (χ2v) is 7.84. The number of nitrogens with zero attached hydrogens (tertiary/aromatic N) is 1. The zero-order valence-electron chi connectivity index (χ0n) is 12.5. The summed E-state index contributed by atoms with van der Waals surface area (Å²) in [5.41, 5.74) is 1.72. The average Bonchev–Trinajstić information content (AvgIpc) is 2.55. The number of rotatable bonds is 3. The zero-order chi connectivity index (χ0) is 18.1. The number of thioether (sulfide) groups is 1. The van der Waals surface area contributed by atoms with Crippen molar-refractivity contribution in [2.75, 3.05) is 4.90 Å². The predicted molar refractivity (Wildman–Crippen MR) is 108 cm³/mol. The topological polar surface area (TPSA) is 40.5 Å². The molecule has 0 bridgehead atoms. The lowest BCUT2D eigenvalue weighted by Gasteiger charge is -2.33. The van der Waals surface area contributed by atoms with Crippen molar-refractivity contribution in [2.24, 2.45) is 0 Å². The number of fused-ring (bicyclic) bond motifs is 1. The Bertz CT molecular complexity index is 915. The molecule has 3 rings (SSSR count). The van der Waals surface area contributed by atoms with E-state index < -0.39 is 5.97 Å². The van der Waals surface area contributed by atoms with Crippen molar-refractivity contribution in [2.45, 2.75) is 11.4 Å². The Labute approximate surface area is 169 Å². The summed E-state index contributed by atoms with van der Waals surface area (Å²) in [5, 5.41) is 10.6. The number of hydrogen-bond acceptors (Lipinski definition) is 3. The third-order valence-corrected chi connectivity index (χ3v) is 6.38. The van der Waals surface area contributed by atoms with E-state index in [1.807, 2.05) is 23.1 Å². The monoisotopic (exact) mass is 429 g/mol. The largest absolute Gasteiger partial charge is 0.478 e. The normalized spacial score (nSPS) is 15.4. The second kappa shape index (κ2) is 7.56. The molecule has 8 heteroatoms. The van der Waals surface area contributed by atoms with Gasteiger partial charge in [0, 0.05) is 12.6 Å². The van der Waals surface area contributed by atoms with Gasteiger partial charge in [0.25, 0.3) is 0 Å². The molecule has 1 heterocycles. The minimum Gasteiger partial charge on any atom is -0.478 e. The lowest BCUT2D eigenvalue weighted by molar-refractivity contribution is -0.131. The van der Waals surface area contributed by atoms with E-state index in [4.69, 9.17) is 52.1 Å². The van der Waals surface area contributed by atoms with Gasteiger partial charge in [-0.05, 0) is 29.8 Å². The van der Waals surface area contributed by atoms with Crippen molar-refractivity contribution in [3.8, 4) is 0 Å².